The maximum Gasteiger partial charge on any atom is 0.165 e. The second-order valence-electron chi connectivity index (χ2n) is 3.92. The maximum atomic E-state index is 13.4. The van der Waals surface area contributed by atoms with Crippen LogP contribution in [0, 0.1) is 5.82 Å². The van der Waals surface area contributed by atoms with Crippen LogP contribution in [0.2, 0.25) is 5.02 Å². The molecule has 0 saturated carbocycles. The number of halogens is 2. The zero-order valence-corrected chi connectivity index (χ0v) is 9.93. The summed E-state index contributed by atoms with van der Waals surface area (Å²) in [6.45, 7) is 1.88. The van der Waals surface area contributed by atoms with Crippen LogP contribution in [-0.4, -0.2) is 11.8 Å². The SMILES string of the molecule is CC(N)CCCC(=O)c1ccc(Cl)cc1F. The lowest BCUT2D eigenvalue weighted by Crippen LogP contribution is -2.15. The second kappa shape index (κ2) is 5.97. The van der Waals surface area contributed by atoms with E-state index in [9.17, 15) is 9.18 Å². The summed E-state index contributed by atoms with van der Waals surface area (Å²) in [6.07, 6.45) is 1.76. The van der Waals surface area contributed by atoms with Gasteiger partial charge in [-0.15, -0.1) is 0 Å². The van der Waals surface area contributed by atoms with Crippen LogP contribution in [0.15, 0.2) is 18.2 Å². The van der Waals surface area contributed by atoms with Crippen LogP contribution >= 0.6 is 11.6 Å². The average Bonchev–Trinajstić information content (AvgIpc) is 2.16. The summed E-state index contributed by atoms with van der Waals surface area (Å²) in [4.78, 5) is 11.6. The first-order valence-electron chi connectivity index (χ1n) is 5.24. The molecule has 1 aromatic carbocycles. The third-order valence-electron chi connectivity index (χ3n) is 2.29. The molecule has 2 N–H and O–H groups in total. The number of rotatable bonds is 5. The van der Waals surface area contributed by atoms with Crippen molar-refractivity contribution in [1.82, 2.24) is 0 Å². The Labute approximate surface area is 99.6 Å². The van der Waals surface area contributed by atoms with E-state index in [4.69, 9.17) is 17.3 Å². The van der Waals surface area contributed by atoms with Gasteiger partial charge in [-0.25, -0.2) is 4.39 Å². The number of hydrogen-bond acceptors (Lipinski definition) is 2. The van der Waals surface area contributed by atoms with E-state index < -0.39 is 5.82 Å². The molecular weight excluding hydrogens is 229 g/mol. The Morgan fingerprint density at radius 1 is 1.56 bits per heavy atom. The molecule has 1 rings (SSSR count). The third-order valence-corrected chi connectivity index (χ3v) is 2.53. The van der Waals surface area contributed by atoms with Crippen molar-refractivity contribution >= 4 is 17.4 Å². The predicted molar refractivity (Wildman–Crippen MR) is 63.2 cm³/mol. The summed E-state index contributed by atoms with van der Waals surface area (Å²) in [5.74, 6) is -0.756. The summed E-state index contributed by atoms with van der Waals surface area (Å²) in [6, 6.07) is 4.16. The second-order valence-corrected chi connectivity index (χ2v) is 4.35. The number of carbonyl (C=O) groups is 1. The zero-order chi connectivity index (χ0) is 12.1. The van der Waals surface area contributed by atoms with Crippen LogP contribution < -0.4 is 5.73 Å². The summed E-state index contributed by atoms with van der Waals surface area (Å²) in [7, 11) is 0. The molecule has 16 heavy (non-hydrogen) atoms. The highest BCUT2D eigenvalue weighted by molar-refractivity contribution is 6.30. The van der Waals surface area contributed by atoms with Crippen LogP contribution in [0.1, 0.15) is 36.5 Å². The molecule has 88 valence electrons. The highest BCUT2D eigenvalue weighted by Gasteiger charge is 2.11. The van der Waals surface area contributed by atoms with Gasteiger partial charge in [0.2, 0.25) is 0 Å². The molecule has 0 heterocycles. The van der Waals surface area contributed by atoms with Gasteiger partial charge in [0.15, 0.2) is 5.78 Å². The van der Waals surface area contributed by atoms with Crippen molar-refractivity contribution in [3.8, 4) is 0 Å². The Kier molecular flexibility index (Phi) is 4.90. The number of benzene rings is 1. The van der Waals surface area contributed by atoms with E-state index in [0.717, 1.165) is 12.5 Å². The molecular formula is C12H15ClFNO. The highest BCUT2D eigenvalue weighted by atomic mass is 35.5. The molecule has 0 saturated heterocycles. The fraction of sp³-hybridized carbons (Fsp3) is 0.417. The molecule has 0 bridgehead atoms. The number of ketones is 1. The normalized spacial score (nSPS) is 12.5. The van der Waals surface area contributed by atoms with E-state index in [1.165, 1.54) is 12.1 Å². The van der Waals surface area contributed by atoms with Crippen molar-refractivity contribution in [3.63, 3.8) is 0 Å². The fourth-order valence-corrected chi connectivity index (χ4v) is 1.59. The van der Waals surface area contributed by atoms with Gasteiger partial charge in [0.1, 0.15) is 5.82 Å². The molecule has 1 aromatic rings. The van der Waals surface area contributed by atoms with Gasteiger partial charge in [0.05, 0.1) is 5.56 Å². The molecule has 0 fully saturated rings. The molecule has 2 nitrogen and oxygen atoms in total. The first-order valence-corrected chi connectivity index (χ1v) is 5.62. The number of Topliss-reactive ketones (excluding diaryl/α,β-unsaturated/α-hetero) is 1. The van der Waals surface area contributed by atoms with Crippen LogP contribution in [0.4, 0.5) is 4.39 Å². The summed E-state index contributed by atoms with van der Waals surface area (Å²) >= 11 is 5.60. The first-order chi connectivity index (χ1) is 7.50. The van der Waals surface area contributed by atoms with Gasteiger partial charge in [0.25, 0.3) is 0 Å². The Morgan fingerprint density at radius 3 is 2.81 bits per heavy atom. The molecule has 1 unspecified atom stereocenters. The third kappa shape index (κ3) is 3.91. The molecule has 0 aromatic heterocycles. The minimum absolute atomic E-state index is 0.0721. The Bertz CT molecular complexity index is 379. The van der Waals surface area contributed by atoms with Gasteiger partial charge in [0, 0.05) is 17.5 Å². The molecule has 0 amide bonds. The van der Waals surface area contributed by atoms with Crippen LogP contribution in [0.25, 0.3) is 0 Å². The molecule has 0 aliphatic heterocycles. The average molecular weight is 244 g/mol. The molecule has 1 atom stereocenters. The monoisotopic (exact) mass is 243 g/mol. The number of carbonyl (C=O) groups excluding carboxylic acids is 1. The Balaban J connectivity index is 2.59. The summed E-state index contributed by atoms with van der Waals surface area (Å²) in [5.41, 5.74) is 5.67. The largest absolute Gasteiger partial charge is 0.328 e. The van der Waals surface area contributed by atoms with Crippen molar-refractivity contribution in [3.05, 3.63) is 34.6 Å². The smallest absolute Gasteiger partial charge is 0.165 e. The van der Waals surface area contributed by atoms with E-state index >= 15 is 0 Å². The Hall–Kier alpha value is -0.930. The van der Waals surface area contributed by atoms with Crippen LogP contribution in [-0.2, 0) is 0 Å². The van der Waals surface area contributed by atoms with E-state index in [0.29, 0.717) is 17.9 Å². The standard InChI is InChI=1S/C12H15ClFNO/c1-8(15)3-2-4-12(16)10-6-5-9(13)7-11(10)14/h5-8H,2-4,15H2,1H3. The predicted octanol–water partition coefficient (Wildman–Crippen LogP) is 3.18. The van der Waals surface area contributed by atoms with Gasteiger partial charge >= 0.3 is 0 Å². The number of nitrogens with two attached hydrogens (primary N) is 1. The van der Waals surface area contributed by atoms with E-state index in [-0.39, 0.29) is 17.4 Å². The molecule has 0 radical (unpaired) electrons. The topological polar surface area (TPSA) is 43.1 Å². The van der Waals surface area contributed by atoms with E-state index in [2.05, 4.69) is 0 Å². The molecule has 0 aliphatic carbocycles. The van der Waals surface area contributed by atoms with Crippen molar-refractivity contribution in [2.24, 2.45) is 5.73 Å². The zero-order valence-electron chi connectivity index (χ0n) is 9.17. The Morgan fingerprint density at radius 2 is 2.25 bits per heavy atom. The highest BCUT2D eigenvalue weighted by Crippen LogP contribution is 2.17. The fourth-order valence-electron chi connectivity index (χ4n) is 1.43. The molecule has 0 aliphatic rings. The van der Waals surface area contributed by atoms with Gasteiger partial charge in [-0.1, -0.05) is 11.6 Å². The minimum Gasteiger partial charge on any atom is -0.328 e. The summed E-state index contributed by atoms with van der Waals surface area (Å²) in [5, 5.41) is 0.296. The first kappa shape index (κ1) is 13.1. The minimum atomic E-state index is -0.557. The lowest BCUT2D eigenvalue weighted by Gasteiger charge is -2.05. The molecule has 4 heteroatoms. The maximum absolute atomic E-state index is 13.4. The van der Waals surface area contributed by atoms with E-state index in [1.807, 2.05) is 6.92 Å². The van der Waals surface area contributed by atoms with Crippen molar-refractivity contribution in [2.75, 3.05) is 0 Å². The van der Waals surface area contributed by atoms with Crippen molar-refractivity contribution in [2.45, 2.75) is 32.2 Å². The van der Waals surface area contributed by atoms with Crippen LogP contribution in [0.3, 0.4) is 0 Å². The van der Waals surface area contributed by atoms with Gasteiger partial charge in [-0.3, -0.25) is 4.79 Å². The van der Waals surface area contributed by atoms with Gasteiger partial charge in [-0.05, 0) is 38.0 Å². The summed E-state index contributed by atoms with van der Waals surface area (Å²) < 4.78 is 13.4. The molecule has 0 spiro atoms. The number of hydrogen-bond donors (Lipinski definition) is 1. The van der Waals surface area contributed by atoms with Crippen molar-refractivity contribution < 1.29 is 9.18 Å². The van der Waals surface area contributed by atoms with Crippen molar-refractivity contribution in [1.29, 1.82) is 0 Å². The van der Waals surface area contributed by atoms with Crippen LogP contribution in [0.5, 0.6) is 0 Å². The van der Waals surface area contributed by atoms with Gasteiger partial charge in [-0.2, -0.15) is 0 Å². The van der Waals surface area contributed by atoms with Gasteiger partial charge < -0.3 is 5.73 Å². The quantitative estimate of drug-likeness (QED) is 0.808. The lowest BCUT2D eigenvalue weighted by atomic mass is 10.0. The van der Waals surface area contributed by atoms with E-state index in [1.54, 1.807) is 0 Å². The lowest BCUT2D eigenvalue weighted by molar-refractivity contribution is 0.0975.